The number of ether oxygens (including phenoxy) is 2. The summed E-state index contributed by atoms with van der Waals surface area (Å²) in [6, 6.07) is 6.05. The monoisotopic (exact) mass is 303 g/mol. The summed E-state index contributed by atoms with van der Waals surface area (Å²) in [5.41, 5.74) is 0. The quantitative estimate of drug-likeness (QED) is 0.748. The zero-order valence-corrected chi connectivity index (χ0v) is 12.1. The van der Waals surface area contributed by atoms with Crippen molar-refractivity contribution in [3.05, 3.63) is 24.3 Å². The summed E-state index contributed by atoms with van der Waals surface area (Å²) in [4.78, 5) is 10.8. The molecular weight excluding hydrogens is 286 g/mol. The Balaban J connectivity index is 3.17. The van der Waals surface area contributed by atoms with Crippen molar-refractivity contribution in [3.8, 4) is 5.75 Å². The third-order valence-corrected chi connectivity index (χ3v) is 4.43. The van der Waals surface area contributed by atoms with Crippen LogP contribution in [0.2, 0.25) is 0 Å². The summed E-state index contributed by atoms with van der Waals surface area (Å²) in [7, 11) is -1.20. The molecule has 0 unspecified atom stereocenters. The number of benzene rings is 1. The molecule has 1 rings (SSSR count). The first-order valence-corrected chi connectivity index (χ1v) is 7.21. The lowest BCUT2D eigenvalue weighted by atomic mass is 10.3. The van der Waals surface area contributed by atoms with E-state index in [9.17, 15) is 13.2 Å². The van der Waals surface area contributed by atoms with Gasteiger partial charge in [-0.05, 0) is 12.1 Å². The lowest BCUT2D eigenvalue weighted by molar-refractivity contribution is -0.137. The molecule has 20 heavy (non-hydrogen) atoms. The van der Waals surface area contributed by atoms with Gasteiger partial charge < -0.3 is 14.6 Å². The average Bonchev–Trinajstić information content (AvgIpc) is 2.42. The van der Waals surface area contributed by atoms with Gasteiger partial charge in [0, 0.05) is 13.7 Å². The van der Waals surface area contributed by atoms with Crippen LogP contribution >= 0.6 is 0 Å². The minimum atomic E-state index is -3.96. The van der Waals surface area contributed by atoms with Gasteiger partial charge >= 0.3 is 5.97 Å². The Morgan fingerprint density at radius 2 is 1.95 bits per heavy atom. The fourth-order valence-corrected chi connectivity index (χ4v) is 3.13. The molecule has 0 fully saturated rings. The Morgan fingerprint density at radius 3 is 2.50 bits per heavy atom. The third-order valence-electron chi connectivity index (χ3n) is 2.54. The van der Waals surface area contributed by atoms with Crippen molar-refractivity contribution in [2.24, 2.45) is 0 Å². The highest BCUT2D eigenvalue weighted by Gasteiger charge is 2.28. The molecular formula is C12H17NO6S. The zero-order valence-electron chi connectivity index (χ0n) is 11.3. The minimum absolute atomic E-state index is 0.0524. The fraction of sp³-hybridized carbons (Fsp3) is 0.417. The van der Waals surface area contributed by atoms with Crippen molar-refractivity contribution in [2.75, 3.05) is 33.9 Å². The summed E-state index contributed by atoms with van der Waals surface area (Å²) < 4.78 is 35.6. The number of carbonyl (C=O) groups is 1. The number of sulfonamides is 1. The van der Waals surface area contributed by atoms with Crippen LogP contribution in [0.4, 0.5) is 0 Å². The van der Waals surface area contributed by atoms with E-state index in [1.54, 1.807) is 12.1 Å². The molecule has 0 amide bonds. The number of aliphatic carboxylic acids is 1. The Kier molecular flexibility index (Phi) is 5.93. The molecule has 0 aliphatic carbocycles. The second-order valence-corrected chi connectivity index (χ2v) is 5.78. The van der Waals surface area contributed by atoms with Gasteiger partial charge in [-0.2, -0.15) is 4.31 Å². The van der Waals surface area contributed by atoms with Crippen LogP contribution in [0.5, 0.6) is 5.75 Å². The zero-order chi connectivity index (χ0) is 15.2. The van der Waals surface area contributed by atoms with Crippen molar-refractivity contribution < 1.29 is 27.8 Å². The largest absolute Gasteiger partial charge is 0.495 e. The average molecular weight is 303 g/mol. The third kappa shape index (κ3) is 3.92. The predicted octanol–water partition coefficient (Wildman–Crippen LogP) is 0.417. The van der Waals surface area contributed by atoms with Crippen LogP contribution in [0.1, 0.15) is 0 Å². The van der Waals surface area contributed by atoms with E-state index in [0.29, 0.717) is 0 Å². The number of carboxylic acid groups (broad SMARTS) is 1. The van der Waals surface area contributed by atoms with Crippen molar-refractivity contribution >= 4 is 16.0 Å². The normalized spacial score (nSPS) is 11.6. The maximum atomic E-state index is 12.5. The molecule has 0 saturated carbocycles. The van der Waals surface area contributed by atoms with Gasteiger partial charge in [0.05, 0.1) is 13.7 Å². The highest BCUT2D eigenvalue weighted by Crippen LogP contribution is 2.25. The summed E-state index contributed by atoms with van der Waals surface area (Å²) in [6.07, 6.45) is 0. The van der Waals surface area contributed by atoms with E-state index in [1.165, 1.54) is 26.4 Å². The van der Waals surface area contributed by atoms with Gasteiger partial charge in [0.1, 0.15) is 17.2 Å². The lowest BCUT2D eigenvalue weighted by Gasteiger charge is -2.21. The first kappa shape index (κ1) is 16.4. The predicted molar refractivity (Wildman–Crippen MR) is 71.3 cm³/mol. The summed E-state index contributed by atoms with van der Waals surface area (Å²) in [5, 5.41) is 8.84. The first-order valence-electron chi connectivity index (χ1n) is 5.77. The van der Waals surface area contributed by atoms with Gasteiger partial charge in [0.2, 0.25) is 10.0 Å². The van der Waals surface area contributed by atoms with E-state index in [0.717, 1.165) is 4.31 Å². The van der Waals surface area contributed by atoms with E-state index < -0.39 is 22.5 Å². The number of rotatable bonds is 8. The summed E-state index contributed by atoms with van der Waals surface area (Å²) >= 11 is 0. The molecule has 0 aliphatic rings. The number of nitrogens with zero attached hydrogens (tertiary/aromatic N) is 1. The summed E-state index contributed by atoms with van der Waals surface area (Å²) in [5.74, 6) is -1.07. The Morgan fingerprint density at radius 1 is 1.30 bits per heavy atom. The van der Waals surface area contributed by atoms with E-state index in [4.69, 9.17) is 14.6 Å². The molecule has 0 saturated heterocycles. The van der Waals surface area contributed by atoms with E-state index in [-0.39, 0.29) is 23.8 Å². The maximum absolute atomic E-state index is 12.5. The molecule has 0 aromatic heterocycles. The molecule has 0 atom stereocenters. The van der Waals surface area contributed by atoms with Crippen molar-refractivity contribution in [2.45, 2.75) is 4.90 Å². The molecule has 0 aliphatic heterocycles. The molecule has 7 nitrogen and oxygen atoms in total. The fourth-order valence-electron chi connectivity index (χ4n) is 1.60. The van der Waals surface area contributed by atoms with Crippen LogP contribution < -0.4 is 4.74 Å². The molecule has 1 aromatic rings. The summed E-state index contributed by atoms with van der Waals surface area (Å²) in [6.45, 7) is -0.589. The van der Waals surface area contributed by atoms with Gasteiger partial charge in [0.25, 0.3) is 0 Å². The smallest absolute Gasteiger partial charge is 0.318 e. The first-order chi connectivity index (χ1) is 9.43. The maximum Gasteiger partial charge on any atom is 0.318 e. The molecule has 0 radical (unpaired) electrons. The van der Waals surface area contributed by atoms with Gasteiger partial charge in [-0.15, -0.1) is 0 Å². The molecule has 8 heteroatoms. The molecule has 0 spiro atoms. The Bertz CT molecular complexity index is 557. The van der Waals surface area contributed by atoms with E-state index in [1.807, 2.05) is 0 Å². The van der Waals surface area contributed by atoms with Crippen LogP contribution in [0.25, 0.3) is 0 Å². The van der Waals surface area contributed by atoms with Crippen LogP contribution in [-0.4, -0.2) is 57.7 Å². The SMILES string of the molecule is COCCN(CC(=O)O)S(=O)(=O)c1ccccc1OC. The number of methoxy groups -OCH3 is 2. The topological polar surface area (TPSA) is 93.1 Å². The second-order valence-electron chi connectivity index (χ2n) is 3.88. The van der Waals surface area contributed by atoms with Crippen molar-refractivity contribution in [1.82, 2.24) is 4.31 Å². The van der Waals surface area contributed by atoms with Crippen LogP contribution in [0.3, 0.4) is 0 Å². The van der Waals surface area contributed by atoms with E-state index in [2.05, 4.69) is 0 Å². The standard InChI is InChI=1S/C12H17NO6S/c1-18-8-7-13(9-12(14)15)20(16,17)11-6-4-3-5-10(11)19-2/h3-6H,7-9H2,1-2H3,(H,14,15). The number of carboxylic acids is 1. The van der Waals surface area contributed by atoms with Gasteiger partial charge in [-0.1, -0.05) is 12.1 Å². The lowest BCUT2D eigenvalue weighted by Crippen LogP contribution is -2.38. The van der Waals surface area contributed by atoms with Gasteiger partial charge in [0.15, 0.2) is 0 Å². The molecule has 1 aromatic carbocycles. The van der Waals surface area contributed by atoms with E-state index >= 15 is 0 Å². The molecule has 0 heterocycles. The Hall–Kier alpha value is -1.64. The van der Waals surface area contributed by atoms with Crippen molar-refractivity contribution in [3.63, 3.8) is 0 Å². The second kappa shape index (κ2) is 7.22. The molecule has 1 N–H and O–H groups in total. The number of hydrogen-bond acceptors (Lipinski definition) is 5. The highest BCUT2D eigenvalue weighted by atomic mass is 32.2. The van der Waals surface area contributed by atoms with Crippen LogP contribution in [-0.2, 0) is 19.6 Å². The number of hydrogen-bond donors (Lipinski definition) is 1. The van der Waals surface area contributed by atoms with Gasteiger partial charge in [-0.25, -0.2) is 8.42 Å². The van der Waals surface area contributed by atoms with Crippen LogP contribution in [0.15, 0.2) is 29.2 Å². The Labute approximate surface area is 117 Å². The number of para-hydroxylation sites is 1. The van der Waals surface area contributed by atoms with Crippen LogP contribution in [0, 0.1) is 0 Å². The van der Waals surface area contributed by atoms with Gasteiger partial charge in [-0.3, -0.25) is 4.79 Å². The highest BCUT2D eigenvalue weighted by molar-refractivity contribution is 7.89. The minimum Gasteiger partial charge on any atom is -0.495 e. The molecule has 0 bridgehead atoms. The van der Waals surface area contributed by atoms with Crippen molar-refractivity contribution in [1.29, 1.82) is 0 Å². The molecule has 112 valence electrons.